The monoisotopic (exact) mass is 459 g/mol. The number of hydrogen-bond acceptors (Lipinski definition) is 5. The molecule has 0 saturated carbocycles. The average Bonchev–Trinajstić information content (AvgIpc) is 2.75. The Balaban J connectivity index is 1.61. The van der Waals surface area contributed by atoms with E-state index in [0.717, 1.165) is 11.1 Å². The lowest BCUT2D eigenvalue weighted by molar-refractivity contribution is 0.273. The Labute approximate surface area is 183 Å². The molecule has 1 aliphatic rings. The van der Waals surface area contributed by atoms with Crippen molar-refractivity contribution in [2.45, 2.75) is 30.6 Å². The molecule has 0 bridgehead atoms. The zero-order chi connectivity index (χ0) is 22.4. The molecule has 31 heavy (non-hydrogen) atoms. The fourth-order valence-corrected chi connectivity index (χ4v) is 7.26. The first-order chi connectivity index (χ1) is 14.6. The van der Waals surface area contributed by atoms with Crippen LogP contribution in [0.5, 0.6) is 0 Å². The van der Waals surface area contributed by atoms with Crippen LogP contribution in [-0.2, 0) is 20.0 Å². The van der Waals surface area contributed by atoms with Crippen molar-refractivity contribution in [1.29, 1.82) is 0 Å². The van der Waals surface area contributed by atoms with Crippen molar-refractivity contribution in [3.63, 3.8) is 0 Å². The minimum absolute atomic E-state index is 0.0993. The molecule has 4 rings (SSSR count). The Bertz CT molecular complexity index is 1360. The van der Waals surface area contributed by atoms with Crippen molar-refractivity contribution < 1.29 is 16.8 Å². The van der Waals surface area contributed by atoms with Gasteiger partial charge in [0.2, 0.25) is 20.0 Å². The van der Waals surface area contributed by atoms with Gasteiger partial charge in [-0.3, -0.25) is 4.98 Å². The number of benzene rings is 2. The van der Waals surface area contributed by atoms with Gasteiger partial charge in [-0.05, 0) is 61.7 Å². The van der Waals surface area contributed by atoms with E-state index in [-0.39, 0.29) is 36.0 Å². The maximum atomic E-state index is 13.4. The molecule has 2 heterocycles. The standard InChI is InChI=1S/C22H25N3O4S2/c1-16-6-7-17(2)21(15-16)31(28,29)25-13-11-24(12-14-25)30(26,27)20-9-8-18(3)22-19(20)5-4-10-23-22/h4-10,15H,11-14H2,1-3H3. The number of nitrogens with zero attached hydrogens (tertiary/aromatic N) is 3. The first kappa shape index (κ1) is 21.9. The largest absolute Gasteiger partial charge is 0.256 e. The normalized spacial score (nSPS) is 16.6. The number of rotatable bonds is 4. The summed E-state index contributed by atoms with van der Waals surface area (Å²) >= 11 is 0. The van der Waals surface area contributed by atoms with Crippen molar-refractivity contribution in [1.82, 2.24) is 13.6 Å². The Morgan fingerprint density at radius 1 is 0.742 bits per heavy atom. The molecule has 164 valence electrons. The SMILES string of the molecule is Cc1ccc(C)c(S(=O)(=O)N2CCN(S(=O)(=O)c3ccc(C)c4ncccc34)CC2)c1. The Hall–Kier alpha value is -2.33. The highest BCUT2D eigenvalue weighted by Gasteiger charge is 2.35. The molecule has 0 amide bonds. The number of aromatic nitrogens is 1. The molecule has 2 aromatic carbocycles. The first-order valence-corrected chi connectivity index (χ1v) is 12.9. The summed E-state index contributed by atoms with van der Waals surface area (Å²) in [6.07, 6.45) is 1.64. The van der Waals surface area contributed by atoms with Gasteiger partial charge in [-0.15, -0.1) is 0 Å². The molecule has 0 unspecified atom stereocenters. The summed E-state index contributed by atoms with van der Waals surface area (Å²) < 4.78 is 55.8. The summed E-state index contributed by atoms with van der Waals surface area (Å²) in [5.74, 6) is 0. The van der Waals surface area contributed by atoms with Gasteiger partial charge in [-0.2, -0.15) is 8.61 Å². The van der Waals surface area contributed by atoms with Crippen LogP contribution in [0, 0.1) is 20.8 Å². The highest BCUT2D eigenvalue weighted by atomic mass is 32.2. The van der Waals surface area contributed by atoms with Gasteiger partial charge in [0.1, 0.15) is 0 Å². The molecule has 1 aliphatic heterocycles. The van der Waals surface area contributed by atoms with Crippen LogP contribution in [0.2, 0.25) is 0 Å². The third-order valence-electron chi connectivity index (χ3n) is 5.71. The van der Waals surface area contributed by atoms with Crippen molar-refractivity contribution in [2.75, 3.05) is 26.2 Å². The highest BCUT2D eigenvalue weighted by Crippen LogP contribution is 2.29. The summed E-state index contributed by atoms with van der Waals surface area (Å²) in [7, 11) is -7.47. The number of aryl methyl sites for hydroxylation is 3. The molecule has 0 aliphatic carbocycles. The molecule has 0 radical (unpaired) electrons. The molecule has 0 spiro atoms. The van der Waals surface area contributed by atoms with Crippen molar-refractivity contribution in [3.05, 3.63) is 65.4 Å². The van der Waals surface area contributed by atoms with Gasteiger partial charge in [-0.25, -0.2) is 16.8 Å². The minimum Gasteiger partial charge on any atom is -0.256 e. The van der Waals surface area contributed by atoms with E-state index in [2.05, 4.69) is 4.98 Å². The fraction of sp³-hybridized carbons (Fsp3) is 0.318. The lowest BCUT2D eigenvalue weighted by Crippen LogP contribution is -2.50. The van der Waals surface area contributed by atoms with Gasteiger partial charge in [0.25, 0.3) is 0 Å². The van der Waals surface area contributed by atoms with Crippen LogP contribution in [0.1, 0.15) is 16.7 Å². The van der Waals surface area contributed by atoms with Gasteiger partial charge < -0.3 is 0 Å². The molecule has 1 saturated heterocycles. The van der Waals surface area contributed by atoms with Crippen LogP contribution >= 0.6 is 0 Å². The van der Waals surface area contributed by atoms with E-state index in [9.17, 15) is 16.8 Å². The number of pyridine rings is 1. The van der Waals surface area contributed by atoms with E-state index < -0.39 is 20.0 Å². The smallest absolute Gasteiger partial charge is 0.243 e. The van der Waals surface area contributed by atoms with Crippen LogP contribution in [-0.4, -0.2) is 56.6 Å². The fourth-order valence-electron chi connectivity index (χ4n) is 3.93. The quantitative estimate of drug-likeness (QED) is 0.599. The molecule has 3 aromatic rings. The Morgan fingerprint density at radius 2 is 1.32 bits per heavy atom. The van der Waals surface area contributed by atoms with Gasteiger partial charge in [0.05, 0.1) is 15.3 Å². The maximum absolute atomic E-state index is 13.4. The molecular weight excluding hydrogens is 434 g/mol. The van der Waals surface area contributed by atoms with Crippen molar-refractivity contribution >= 4 is 30.9 Å². The van der Waals surface area contributed by atoms with E-state index in [4.69, 9.17) is 0 Å². The lowest BCUT2D eigenvalue weighted by atomic mass is 10.1. The van der Waals surface area contributed by atoms with Crippen molar-refractivity contribution in [3.8, 4) is 0 Å². The summed E-state index contributed by atoms with van der Waals surface area (Å²) in [4.78, 5) is 4.80. The van der Waals surface area contributed by atoms with Gasteiger partial charge in [0.15, 0.2) is 0 Å². The second kappa shape index (κ2) is 7.98. The van der Waals surface area contributed by atoms with Gasteiger partial charge >= 0.3 is 0 Å². The van der Waals surface area contributed by atoms with Crippen LogP contribution in [0.25, 0.3) is 10.9 Å². The first-order valence-electron chi connectivity index (χ1n) is 10.0. The number of hydrogen-bond donors (Lipinski definition) is 0. The molecular formula is C22H25N3O4S2. The van der Waals surface area contributed by atoms with E-state index in [1.807, 2.05) is 19.9 Å². The molecule has 7 nitrogen and oxygen atoms in total. The number of fused-ring (bicyclic) bond motifs is 1. The second-order valence-electron chi connectivity index (χ2n) is 7.86. The molecule has 1 fully saturated rings. The predicted molar refractivity (Wildman–Crippen MR) is 120 cm³/mol. The lowest BCUT2D eigenvalue weighted by Gasteiger charge is -2.33. The van der Waals surface area contributed by atoms with E-state index in [1.54, 1.807) is 49.5 Å². The second-order valence-corrected chi connectivity index (χ2v) is 11.7. The maximum Gasteiger partial charge on any atom is 0.243 e. The van der Waals surface area contributed by atoms with E-state index in [1.165, 1.54) is 8.61 Å². The summed E-state index contributed by atoms with van der Waals surface area (Å²) in [5.41, 5.74) is 3.10. The third kappa shape index (κ3) is 3.87. The van der Waals surface area contributed by atoms with Gasteiger partial charge in [0, 0.05) is 37.8 Å². The Kier molecular flexibility index (Phi) is 5.63. The summed E-state index contributed by atoms with van der Waals surface area (Å²) in [6.45, 7) is 5.92. The Morgan fingerprint density at radius 3 is 1.97 bits per heavy atom. The zero-order valence-electron chi connectivity index (χ0n) is 17.7. The third-order valence-corrected chi connectivity index (χ3v) is 9.71. The van der Waals surface area contributed by atoms with Crippen LogP contribution in [0.15, 0.2) is 58.5 Å². The predicted octanol–water partition coefficient (Wildman–Crippen LogP) is 2.86. The number of sulfonamides is 2. The highest BCUT2D eigenvalue weighted by molar-refractivity contribution is 7.89. The minimum atomic E-state index is -3.78. The van der Waals surface area contributed by atoms with Crippen LogP contribution < -0.4 is 0 Å². The van der Waals surface area contributed by atoms with Crippen LogP contribution in [0.4, 0.5) is 0 Å². The average molecular weight is 460 g/mol. The molecule has 9 heteroatoms. The van der Waals surface area contributed by atoms with Crippen molar-refractivity contribution in [2.24, 2.45) is 0 Å². The van der Waals surface area contributed by atoms with Gasteiger partial charge in [-0.1, -0.05) is 18.2 Å². The van der Waals surface area contributed by atoms with E-state index >= 15 is 0 Å². The van der Waals surface area contributed by atoms with Crippen LogP contribution in [0.3, 0.4) is 0 Å². The number of piperazine rings is 1. The summed E-state index contributed by atoms with van der Waals surface area (Å²) in [6, 6.07) is 12.2. The van der Waals surface area contributed by atoms with E-state index in [0.29, 0.717) is 16.5 Å². The zero-order valence-corrected chi connectivity index (χ0v) is 19.4. The molecule has 1 aromatic heterocycles. The summed E-state index contributed by atoms with van der Waals surface area (Å²) in [5, 5.41) is 0.577. The molecule has 0 atom stereocenters. The molecule has 0 N–H and O–H groups in total. The topological polar surface area (TPSA) is 87.7 Å².